The third kappa shape index (κ3) is 2.53. The normalized spacial score (nSPS) is 18.0. The van der Waals surface area contributed by atoms with Gasteiger partial charge in [0, 0.05) is 0 Å². The zero-order chi connectivity index (χ0) is 6.57. The fourth-order valence-corrected chi connectivity index (χ4v) is 0.614. The molecule has 0 bridgehead atoms. The molecule has 2 heteroatoms. The maximum absolute atomic E-state index is 8.50. The van der Waals surface area contributed by atoms with Gasteiger partial charge >= 0.3 is 0 Å². The Bertz CT molecular complexity index is 48.5. The van der Waals surface area contributed by atoms with Gasteiger partial charge in [-0.1, -0.05) is 20.3 Å². The van der Waals surface area contributed by atoms with Gasteiger partial charge in [0.1, 0.15) is 0 Å². The summed E-state index contributed by atoms with van der Waals surface area (Å²) in [5, 5.41) is 8.45. The Morgan fingerprint density at radius 2 is 2.12 bits per heavy atom. The predicted molar refractivity (Wildman–Crippen MR) is 36.2 cm³/mol. The van der Waals surface area contributed by atoms with Gasteiger partial charge in [0.15, 0.2) is 0 Å². The molecule has 0 saturated heterocycles. The van der Waals surface area contributed by atoms with E-state index in [1.54, 1.807) is 0 Å². The van der Waals surface area contributed by atoms with Crippen molar-refractivity contribution >= 4 is 11.6 Å². The van der Waals surface area contributed by atoms with Crippen LogP contribution in [0.15, 0.2) is 0 Å². The molecule has 0 aromatic heterocycles. The summed E-state index contributed by atoms with van der Waals surface area (Å²) in [6, 6.07) is 0. The van der Waals surface area contributed by atoms with Gasteiger partial charge in [-0.2, -0.15) is 0 Å². The molecule has 1 N–H and O–H groups in total. The van der Waals surface area contributed by atoms with Gasteiger partial charge in [0.05, 0.1) is 12.0 Å². The Labute approximate surface area is 55.7 Å². The Morgan fingerprint density at radius 1 is 1.62 bits per heavy atom. The van der Waals surface area contributed by atoms with Crippen molar-refractivity contribution in [3.63, 3.8) is 0 Å². The summed E-state index contributed by atoms with van der Waals surface area (Å²) in [6.45, 7) is 4.19. The SMILES string of the molecule is CC[C@H](C)[C@@H](Cl)CO. The van der Waals surface area contributed by atoms with Crippen molar-refractivity contribution in [3.05, 3.63) is 0 Å². The van der Waals surface area contributed by atoms with Crippen molar-refractivity contribution in [1.29, 1.82) is 0 Å². The Kier molecular flexibility index (Phi) is 4.29. The molecule has 0 aliphatic heterocycles. The molecule has 0 amide bonds. The highest BCUT2D eigenvalue weighted by Gasteiger charge is 2.09. The summed E-state index contributed by atoms with van der Waals surface area (Å²) in [5.41, 5.74) is 0. The average Bonchev–Trinajstić information content (AvgIpc) is 1.84. The lowest BCUT2D eigenvalue weighted by Crippen LogP contribution is -2.14. The Hall–Kier alpha value is 0.250. The monoisotopic (exact) mass is 136 g/mol. The van der Waals surface area contributed by atoms with E-state index < -0.39 is 0 Å². The molecule has 0 saturated carbocycles. The lowest BCUT2D eigenvalue weighted by molar-refractivity contribution is 0.265. The molecule has 0 aromatic rings. The lowest BCUT2D eigenvalue weighted by Gasteiger charge is -2.11. The molecule has 2 atom stereocenters. The topological polar surface area (TPSA) is 20.2 Å². The number of hydrogen-bond donors (Lipinski definition) is 1. The highest BCUT2D eigenvalue weighted by molar-refractivity contribution is 6.20. The molecule has 0 heterocycles. The van der Waals surface area contributed by atoms with Crippen molar-refractivity contribution in [3.8, 4) is 0 Å². The van der Waals surface area contributed by atoms with Gasteiger partial charge in [-0.15, -0.1) is 11.6 Å². The van der Waals surface area contributed by atoms with Gasteiger partial charge in [0.2, 0.25) is 0 Å². The summed E-state index contributed by atoms with van der Waals surface area (Å²) < 4.78 is 0. The fourth-order valence-electron chi connectivity index (χ4n) is 0.436. The predicted octanol–water partition coefficient (Wildman–Crippen LogP) is 1.63. The van der Waals surface area contributed by atoms with Crippen LogP contribution < -0.4 is 0 Å². The standard InChI is InChI=1S/C6H13ClO/c1-3-5(2)6(7)4-8/h5-6,8H,3-4H2,1-2H3/t5-,6-/m0/s1. The zero-order valence-corrected chi connectivity index (χ0v) is 6.15. The average molecular weight is 137 g/mol. The molecule has 0 aromatic carbocycles. The largest absolute Gasteiger partial charge is 0.395 e. The third-order valence-electron chi connectivity index (χ3n) is 1.44. The smallest absolute Gasteiger partial charge is 0.0597 e. The van der Waals surface area contributed by atoms with Crippen molar-refractivity contribution in [2.75, 3.05) is 6.61 Å². The molecule has 0 aliphatic carbocycles. The van der Waals surface area contributed by atoms with Crippen LogP contribution in [0, 0.1) is 5.92 Å². The van der Waals surface area contributed by atoms with Crippen LogP contribution in [0.1, 0.15) is 20.3 Å². The first kappa shape index (κ1) is 8.25. The van der Waals surface area contributed by atoms with E-state index in [2.05, 4.69) is 6.92 Å². The summed E-state index contributed by atoms with van der Waals surface area (Å²) in [7, 11) is 0. The fraction of sp³-hybridized carbons (Fsp3) is 1.00. The van der Waals surface area contributed by atoms with Gasteiger partial charge in [0.25, 0.3) is 0 Å². The molecular weight excluding hydrogens is 124 g/mol. The van der Waals surface area contributed by atoms with E-state index in [0.717, 1.165) is 6.42 Å². The first-order chi connectivity index (χ1) is 3.72. The minimum absolute atomic E-state index is 0.0556. The van der Waals surface area contributed by atoms with Crippen molar-refractivity contribution in [1.82, 2.24) is 0 Å². The van der Waals surface area contributed by atoms with Crippen LogP contribution in [0.2, 0.25) is 0 Å². The van der Waals surface area contributed by atoms with Crippen LogP contribution in [0.3, 0.4) is 0 Å². The highest BCUT2D eigenvalue weighted by atomic mass is 35.5. The molecule has 1 nitrogen and oxygen atoms in total. The molecule has 50 valence electrons. The highest BCUT2D eigenvalue weighted by Crippen LogP contribution is 2.12. The van der Waals surface area contributed by atoms with E-state index in [0.29, 0.717) is 5.92 Å². The first-order valence-corrected chi connectivity index (χ1v) is 3.41. The van der Waals surface area contributed by atoms with Crippen LogP contribution in [0.25, 0.3) is 0 Å². The second-order valence-electron chi connectivity index (χ2n) is 2.08. The van der Waals surface area contributed by atoms with E-state index in [4.69, 9.17) is 16.7 Å². The molecule has 0 spiro atoms. The van der Waals surface area contributed by atoms with E-state index in [-0.39, 0.29) is 12.0 Å². The molecule has 0 rings (SSSR count). The molecular formula is C6H13ClO. The summed E-state index contributed by atoms with van der Waals surface area (Å²) in [4.78, 5) is 0. The number of aliphatic hydroxyl groups is 1. The maximum atomic E-state index is 8.50. The Morgan fingerprint density at radius 3 is 2.25 bits per heavy atom. The van der Waals surface area contributed by atoms with Crippen LogP contribution >= 0.6 is 11.6 Å². The van der Waals surface area contributed by atoms with Gasteiger partial charge < -0.3 is 5.11 Å². The first-order valence-electron chi connectivity index (χ1n) is 2.97. The van der Waals surface area contributed by atoms with E-state index >= 15 is 0 Å². The van der Waals surface area contributed by atoms with Crippen molar-refractivity contribution < 1.29 is 5.11 Å². The lowest BCUT2D eigenvalue weighted by atomic mass is 10.1. The van der Waals surface area contributed by atoms with E-state index in [1.807, 2.05) is 6.92 Å². The summed E-state index contributed by atoms with van der Waals surface area (Å²) in [5.74, 6) is 0.432. The maximum Gasteiger partial charge on any atom is 0.0597 e. The van der Waals surface area contributed by atoms with Crippen LogP contribution in [-0.2, 0) is 0 Å². The number of rotatable bonds is 3. The van der Waals surface area contributed by atoms with Gasteiger partial charge in [-0.3, -0.25) is 0 Å². The quantitative estimate of drug-likeness (QED) is 0.585. The Balaban J connectivity index is 3.29. The van der Waals surface area contributed by atoms with Gasteiger partial charge in [-0.05, 0) is 5.92 Å². The minimum atomic E-state index is -0.0556. The molecule has 8 heavy (non-hydrogen) atoms. The zero-order valence-electron chi connectivity index (χ0n) is 5.39. The number of aliphatic hydroxyl groups excluding tert-OH is 1. The minimum Gasteiger partial charge on any atom is -0.395 e. The number of halogens is 1. The van der Waals surface area contributed by atoms with Crippen molar-refractivity contribution in [2.45, 2.75) is 25.6 Å². The summed E-state index contributed by atoms with van der Waals surface area (Å²) in [6.07, 6.45) is 1.04. The van der Waals surface area contributed by atoms with E-state index in [1.165, 1.54) is 0 Å². The molecule has 0 radical (unpaired) electrons. The second-order valence-corrected chi connectivity index (χ2v) is 2.64. The van der Waals surface area contributed by atoms with Crippen LogP contribution in [-0.4, -0.2) is 17.1 Å². The number of alkyl halides is 1. The van der Waals surface area contributed by atoms with E-state index in [9.17, 15) is 0 Å². The molecule has 0 fully saturated rings. The van der Waals surface area contributed by atoms with Crippen molar-refractivity contribution in [2.24, 2.45) is 5.92 Å². The molecule has 0 unspecified atom stereocenters. The summed E-state index contributed by atoms with van der Waals surface area (Å²) >= 11 is 5.67. The molecule has 0 aliphatic rings. The van der Waals surface area contributed by atoms with Gasteiger partial charge in [-0.25, -0.2) is 0 Å². The van der Waals surface area contributed by atoms with Crippen LogP contribution in [0.4, 0.5) is 0 Å². The number of hydrogen-bond acceptors (Lipinski definition) is 1. The van der Waals surface area contributed by atoms with Crippen LogP contribution in [0.5, 0.6) is 0 Å². The third-order valence-corrected chi connectivity index (χ3v) is 2.00. The second kappa shape index (κ2) is 4.16.